The Morgan fingerprint density at radius 3 is 2.65 bits per heavy atom. The Morgan fingerprint density at radius 1 is 1.26 bits per heavy atom. The van der Waals surface area contributed by atoms with Crippen molar-refractivity contribution in [3.05, 3.63) is 46.4 Å². The van der Waals surface area contributed by atoms with Crippen molar-refractivity contribution in [1.29, 1.82) is 0 Å². The second-order valence-electron chi connectivity index (χ2n) is 6.81. The van der Waals surface area contributed by atoms with Crippen LogP contribution in [0.2, 0.25) is 0 Å². The zero-order chi connectivity index (χ0) is 21.9. The maximum Gasteiger partial charge on any atom is 0.311 e. The van der Waals surface area contributed by atoms with Crippen LogP contribution < -0.4 is 5.32 Å². The predicted molar refractivity (Wildman–Crippen MR) is 120 cm³/mol. The molecule has 0 unspecified atom stereocenters. The van der Waals surface area contributed by atoms with E-state index in [2.05, 4.69) is 10.3 Å². The number of hydrogen-bond acceptors (Lipinski definition) is 8. The minimum absolute atomic E-state index is 0. The molecule has 31 heavy (non-hydrogen) atoms. The second kappa shape index (κ2) is 10.2. The third-order valence-corrected chi connectivity index (χ3v) is 7.17. The number of fused-ring (bicyclic) bond motifs is 1. The molecule has 0 aromatic carbocycles. The molecule has 1 N–H and O–H groups in total. The van der Waals surface area contributed by atoms with E-state index in [0.29, 0.717) is 13.0 Å². The second-order valence-corrected chi connectivity index (χ2v) is 9.67. The highest BCUT2D eigenvalue weighted by atomic mass is 35.5. The number of rotatable bonds is 7. The summed E-state index contributed by atoms with van der Waals surface area (Å²) in [6, 6.07) is 6.37. The van der Waals surface area contributed by atoms with E-state index in [4.69, 9.17) is 4.74 Å². The molecule has 0 saturated heterocycles. The highest BCUT2D eigenvalue weighted by Gasteiger charge is 2.40. The molecule has 9 nitrogen and oxygen atoms in total. The van der Waals surface area contributed by atoms with Crippen LogP contribution in [0.1, 0.15) is 17.7 Å². The summed E-state index contributed by atoms with van der Waals surface area (Å²) in [5, 5.41) is 4.14. The highest BCUT2D eigenvalue weighted by molar-refractivity contribution is 7.89. The van der Waals surface area contributed by atoms with Gasteiger partial charge in [0.05, 0.1) is 4.88 Å². The lowest BCUT2D eigenvalue weighted by Crippen LogP contribution is -2.37. The summed E-state index contributed by atoms with van der Waals surface area (Å²) < 4.78 is 32.1. The van der Waals surface area contributed by atoms with E-state index >= 15 is 0 Å². The number of anilines is 1. The fourth-order valence-electron chi connectivity index (χ4n) is 2.84. The first-order valence-electron chi connectivity index (χ1n) is 9.10. The third-order valence-electron chi connectivity index (χ3n) is 4.33. The van der Waals surface area contributed by atoms with Crippen molar-refractivity contribution in [2.75, 3.05) is 33.0 Å². The summed E-state index contributed by atoms with van der Waals surface area (Å²) in [7, 11) is 1.09. The summed E-state index contributed by atoms with van der Waals surface area (Å²) in [6.07, 6.45) is 2.20. The van der Waals surface area contributed by atoms with Gasteiger partial charge in [-0.3, -0.25) is 13.9 Å². The molecule has 0 atom stereocenters. The summed E-state index contributed by atoms with van der Waals surface area (Å²) >= 11 is 1.09. The number of halogens is 1. The van der Waals surface area contributed by atoms with Crippen molar-refractivity contribution >= 4 is 57.2 Å². The van der Waals surface area contributed by atoms with Crippen LogP contribution in [0.15, 0.2) is 46.4 Å². The van der Waals surface area contributed by atoms with Crippen LogP contribution in [0.25, 0.3) is 5.76 Å². The van der Waals surface area contributed by atoms with Crippen LogP contribution in [0.4, 0.5) is 5.82 Å². The average molecular weight is 487 g/mol. The van der Waals surface area contributed by atoms with Crippen LogP contribution in [0.3, 0.4) is 0 Å². The first-order valence-corrected chi connectivity index (χ1v) is 11.4. The summed E-state index contributed by atoms with van der Waals surface area (Å²) in [5.41, 5.74) is -0.267. The third kappa shape index (κ3) is 5.42. The van der Waals surface area contributed by atoms with Crippen molar-refractivity contribution in [3.8, 4) is 0 Å². The van der Waals surface area contributed by atoms with Crippen molar-refractivity contribution in [2.45, 2.75) is 17.7 Å². The zero-order valence-corrected chi connectivity index (χ0v) is 19.6. The predicted octanol–water partition coefficient (Wildman–Crippen LogP) is 2.39. The maximum absolute atomic E-state index is 13.0. The Balaban J connectivity index is 0.00000341. The van der Waals surface area contributed by atoms with E-state index in [9.17, 15) is 18.0 Å². The molecule has 0 bridgehead atoms. The van der Waals surface area contributed by atoms with Crippen LogP contribution in [-0.2, 0) is 24.3 Å². The summed E-state index contributed by atoms with van der Waals surface area (Å²) in [6.45, 7) is 0.694. The van der Waals surface area contributed by atoms with Gasteiger partial charge in [-0.25, -0.2) is 13.4 Å². The molecule has 168 valence electrons. The number of carbonyl (C=O) groups is 2. The van der Waals surface area contributed by atoms with Crippen molar-refractivity contribution in [2.24, 2.45) is 0 Å². The number of aromatic nitrogens is 1. The van der Waals surface area contributed by atoms with E-state index < -0.39 is 21.9 Å². The lowest BCUT2D eigenvalue weighted by Gasteiger charge is -2.28. The van der Waals surface area contributed by atoms with Crippen LogP contribution in [0.5, 0.6) is 0 Å². The Hall–Kier alpha value is -2.47. The fourth-order valence-corrected chi connectivity index (χ4v) is 5.43. The molecule has 1 aliphatic rings. The number of likely N-dealkylation sites (N-methyl/N-ethyl adjacent to an activating group) is 1. The number of ether oxygens (including phenoxy) is 1. The Bertz CT molecular complexity index is 1080. The van der Waals surface area contributed by atoms with Gasteiger partial charge in [0.1, 0.15) is 10.7 Å². The Kier molecular flexibility index (Phi) is 8.18. The molecule has 0 radical (unpaired) electrons. The molecule has 3 rings (SSSR count). The molecule has 3 heterocycles. The van der Waals surface area contributed by atoms with Crippen molar-refractivity contribution in [3.63, 3.8) is 0 Å². The number of thiophene rings is 1. The monoisotopic (exact) mass is 486 g/mol. The number of nitrogens with one attached hydrogen (secondary N) is 1. The largest absolute Gasteiger partial charge is 0.422 e. The number of amides is 1. The minimum atomic E-state index is -3.95. The molecule has 1 amide bonds. The number of hydrogen-bond donors (Lipinski definition) is 1. The van der Waals surface area contributed by atoms with Gasteiger partial charge in [0.15, 0.2) is 11.5 Å². The SMILES string of the molecule is CN(C)CCCC(=O)OC1=C(C(=O)Nc2ccccn2)N(C)S(=O)(=O)c2ccsc21.Cl. The number of nitrogens with zero attached hydrogens (tertiary/aromatic N) is 3. The number of carbonyl (C=O) groups excluding carboxylic acids is 2. The van der Waals surface area contributed by atoms with Crippen LogP contribution in [-0.4, -0.2) is 62.2 Å². The molecule has 2 aromatic rings. The van der Waals surface area contributed by atoms with E-state index in [1.54, 1.807) is 23.6 Å². The first-order chi connectivity index (χ1) is 14.2. The molecular weight excluding hydrogens is 464 g/mol. The first kappa shape index (κ1) is 24.8. The standard InChI is InChI=1S/C19H22N4O5S2.ClH/c1-22(2)11-6-8-15(24)28-17-16(19(25)21-14-7-4-5-10-20-14)23(3)30(26,27)13-9-12-29-18(13)17;/h4-5,7,9-10,12H,6,8,11H2,1-3H3,(H,20,21,25);1H. The molecule has 2 aromatic heterocycles. The number of esters is 1. The summed E-state index contributed by atoms with van der Waals surface area (Å²) in [4.78, 5) is 31.6. The van der Waals surface area contributed by atoms with Gasteiger partial charge in [-0.2, -0.15) is 0 Å². The molecule has 0 aliphatic carbocycles. The molecule has 1 aliphatic heterocycles. The Morgan fingerprint density at radius 2 is 2.00 bits per heavy atom. The molecule has 0 spiro atoms. The van der Waals surface area contributed by atoms with Gasteiger partial charge in [0.25, 0.3) is 15.9 Å². The lowest BCUT2D eigenvalue weighted by atomic mass is 10.2. The summed E-state index contributed by atoms with van der Waals surface area (Å²) in [5.74, 6) is -1.10. The van der Waals surface area contributed by atoms with Gasteiger partial charge in [0.2, 0.25) is 0 Å². The van der Waals surface area contributed by atoms with E-state index in [1.807, 2.05) is 19.0 Å². The minimum Gasteiger partial charge on any atom is -0.422 e. The quantitative estimate of drug-likeness (QED) is 0.598. The van der Waals surface area contributed by atoms with Gasteiger partial charge < -0.3 is 15.0 Å². The van der Waals surface area contributed by atoms with Gasteiger partial charge in [-0.1, -0.05) is 6.07 Å². The van der Waals surface area contributed by atoms with Gasteiger partial charge in [-0.05, 0) is 50.6 Å². The van der Waals surface area contributed by atoms with Crippen LogP contribution >= 0.6 is 23.7 Å². The van der Waals surface area contributed by atoms with Crippen LogP contribution in [0, 0.1) is 0 Å². The van der Waals surface area contributed by atoms with Crippen molar-refractivity contribution < 1.29 is 22.7 Å². The topological polar surface area (TPSA) is 109 Å². The number of pyridine rings is 1. The van der Waals surface area contributed by atoms with Gasteiger partial charge >= 0.3 is 5.97 Å². The smallest absolute Gasteiger partial charge is 0.311 e. The Labute approximate surface area is 191 Å². The molecular formula is C19H23ClN4O5S2. The highest BCUT2D eigenvalue weighted by Crippen LogP contribution is 2.40. The zero-order valence-electron chi connectivity index (χ0n) is 17.2. The van der Waals surface area contributed by atoms with E-state index in [0.717, 1.165) is 15.6 Å². The molecule has 0 fully saturated rings. The lowest BCUT2D eigenvalue weighted by molar-refractivity contribution is -0.136. The van der Waals surface area contributed by atoms with E-state index in [1.165, 1.54) is 19.3 Å². The van der Waals surface area contributed by atoms with Crippen molar-refractivity contribution in [1.82, 2.24) is 14.2 Å². The fraction of sp³-hybridized carbons (Fsp3) is 0.316. The van der Waals surface area contributed by atoms with Gasteiger partial charge in [-0.15, -0.1) is 23.7 Å². The average Bonchev–Trinajstić information content (AvgIpc) is 3.18. The number of sulfonamides is 1. The van der Waals surface area contributed by atoms with Gasteiger partial charge in [0, 0.05) is 19.7 Å². The molecule has 12 heteroatoms. The maximum atomic E-state index is 13.0. The van der Waals surface area contributed by atoms with E-state index in [-0.39, 0.29) is 45.9 Å². The normalized spacial score (nSPS) is 14.6. The molecule has 0 saturated carbocycles.